The molecule has 0 bridgehead atoms. The highest BCUT2D eigenvalue weighted by Gasteiger charge is 2.02. The Balaban J connectivity index is 3.15. The van der Waals surface area contributed by atoms with Crippen molar-refractivity contribution < 1.29 is 0 Å². The summed E-state index contributed by atoms with van der Waals surface area (Å²) in [4.78, 5) is 0. The van der Waals surface area contributed by atoms with Crippen LogP contribution in [0.25, 0.3) is 0 Å². The zero-order valence-corrected chi connectivity index (χ0v) is 10.4. The molecule has 0 rings (SSSR count). The Morgan fingerprint density at radius 2 is 1.50 bits per heavy atom. The van der Waals surface area contributed by atoms with Gasteiger partial charge in [0.25, 0.3) is 0 Å². The van der Waals surface area contributed by atoms with Gasteiger partial charge in [0.05, 0.1) is 0 Å². The van der Waals surface area contributed by atoms with Gasteiger partial charge in [0, 0.05) is 6.04 Å². The second kappa shape index (κ2) is 9.51. The Kier molecular flexibility index (Phi) is 9.49. The molecule has 0 aromatic heterocycles. The number of rotatable bonds is 9. The first-order valence-corrected chi connectivity index (χ1v) is 6.42. The summed E-state index contributed by atoms with van der Waals surface area (Å²) in [5.41, 5.74) is 6.04. The van der Waals surface area contributed by atoms with E-state index in [1.54, 1.807) is 0 Å². The van der Waals surface area contributed by atoms with Crippen molar-refractivity contribution in [3.63, 3.8) is 0 Å². The summed E-state index contributed by atoms with van der Waals surface area (Å²) in [5, 5.41) is 0. The quantitative estimate of drug-likeness (QED) is 0.556. The number of hydrogen-bond donors (Lipinski definition) is 1. The van der Waals surface area contributed by atoms with Crippen LogP contribution in [-0.4, -0.2) is 6.04 Å². The first kappa shape index (κ1) is 14.0. The molecular formula is C13H29N. The van der Waals surface area contributed by atoms with Crippen molar-refractivity contribution in [2.24, 2.45) is 11.7 Å². The second-order valence-electron chi connectivity index (χ2n) is 4.93. The van der Waals surface area contributed by atoms with Crippen LogP contribution in [0.15, 0.2) is 0 Å². The predicted octanol–water partition coefficient (Wildman–Crippen LogP) is 4.11. The summed E-state index contributed by atoms with van der Waals surface area (Å²) < 4.78 is 0. The Morgan fingerprint density at radius 3 is 2.07 bits per heavy atom. The normalized spacial score (nSPS) is 13.5. The van der Waals surface area contributed by atoms with Crippen molar-refractivity contribution >= 4 is 0 Å². The topological polar surface area (TPSA) is 26.0 Å². The highest BCUT2D eigenvalue weighted by atomic mass is 14.6. The van der Waals surface area contributed by atoms with Gasteiger partial charge >= 0.3 is 0 Å². The molecule has 0 aliphatic rings. The van der Waals surface area contributed by atoms with Crippen molar-refractivity contribution in [2.75, 3.05) is 0 Å². The van der Waals surface area contributed by atoms with Crippen LogP contribution in [0.2, 0.25) is 0 Å². The van der Waals surface area contributed by atoms with Gasteiger partial charge in [0.15, 0.2) is 0 Å². The van der Waals surface area contributed by atoms with E-state index in [0.717, 1.165) is 5.92 Å². The largest absolute Gasteiger partial charge is 0.328 e. The molecule has 0 heterocycles. The molecule has 0 saturated heterocycles. The lowest BCUT2D eigenvalue weighted by Gasteiger charge is -2.11. The molecule has 1 heteroatoms. The molecular weight excluding hydrogens is 170 g/mol. The van der Waals surface area contributed by atoms with Gasteiger partial charge in [-0.25, -0.2) is 0 Å². The van der Waals surface area contributed by atoms with Gasteiger partial charge in [-0.1, -0.05) is 59.3 Å². The SMILES string of the molecule is CCCCCCC(N)CCCC(C)C. The molecule has 1 nitrogen and oxygen atoms in total. The van der Waals surface area contributed by atoms with Crippen LogP contribution in [0.1, 0.15) is 72.1 Å². The maximum atomic E-state index is 6.04. The van der Waals surface area contributed by atoms with Gasteiger partial charge in [-0.3, -0.25) is 0 Å². The van der Waals surface area contributed by atoms with E-state index in [2.05, 4.69) is 20.8 Å². The lowest BCUT2D eigenvalue weighted by Crippen LogP contribution is -2.19. The lowest BCUT2D eigenvalue weighted by molar-refractivity contribution is 0.466. The molecule has 0 radical (unpaired) electrons. The van der Waals surface area contributed by atoms with E-state index >= 15 is 0 Å². The zero-order valence-electron chi connectivity index (χ0n) is 10.4. The van der Waals surface area contributed by atoms with Crippen LogP contribution in [0.5, 0.6) is 0 Å². The fraction of sp³-hybridized carbons (Fsp3) is 1.00. The summed E-state index contributed by atoms with van der Waals surface area (Å²) in [7, 11) is 0. The summed E-state index contributed by atoms with van der Waals surface area (Å²) in [6.07, 6.45) is 10.5. The predicted molar refractivity (Wildman–Crippen MR) is 65.4 cm³/mol. The monoisotopic (exact) mass is 199 g/mol. The van der Waals surface area contributed by atoms with E-state index in [1.165, 1.54) is 51.4 Å². The molecule has 0 aromatic carbocycles. The summed E-state index contributed by atoms with van der Waals surface area (Å²) in [6, 6.07) is 0.464. The maximum absolute atomic E-state index is 6.04. The van der Waals surface area contributed by atoms with Gasteiger partial charge in [0.1, 0.15) is 0 Å². The van der Waals surface area contributed by atoms with Crippen LogP contribution in [0.4, 0.5) is 0 Å². The fourth-order valence-electron chi connectivity index (χ4n) is 1.77. The van der Waals surface area contributed by atoms with Crippen LogP contribution < -0.4 is 5.73 Å². The highest BCUT2D eigenvalue weighted by molar-refractivity contribution is 4.62. The second-order valence-corrected chi connectivity index (χ2v) is 4.93. The zero-order chi connectivity index (χ0) is 10.8. The van der Waals surface area contributed by atoms with E-state index in [4.69, 9.17) is 5.73 Å². The van der Waals surface area contributed by atoms with E-state index in [-0.39, 0.29) is 0 Å². The third-order valence-corrected chi connectivity index (χ3v) is 2.78. The Labute approximate surface area is 90.5 Å². The van der Waals surface area contributed by atoms with E-state index in [9.17, 15) is 0 Å². The van der Waals surface area contributed by atoms with Crippen molar-refractivity contribution in [3.05, 3.63) is 0 Å². The van der Waals surface area contributed by atoms with Gasteiger partial charge in [-0.15, -0.1) is 0 Å². The van der Waals surface area contributed by atoms with Gasteiger partial charge in [-0.2, -0.15) is 0 Å². The molecule has 1 unspecified atom stereocenters. The summed E-state index contributed by atoms with van der Waals surface area (Å²) in [6.45, 7) is 6.82. The van der Waals surface area contributed by atoms with Crippen molar-refractivity contribution in [2.45, 2.75) is 78.2 Å². The van der Waals surface area contributed by atoms with E-state index in [0.29, 0.717) is 6.04 Å². The van der Waals surface area contributed by atoms with Crippen molar-refractivity contribution in [1.82, 2.24) is 0 Å². The Hall–Kier alpha value is -0.0400. The molecule has 0 aliphatic carbocycles. The van der Waals surface area contributed by atoms with Crippen LogP contribution in [-0.2, 0) is 0 Å². The number of unbranched alkanes of at least 4 members (excludes halogenated alkanes) is 3. The molecule has 0 fully saturated rings. The molecule has 0 aliphatic heterocycles. The Morgan fingerprint density at radius 1 is 0.857 bits per heavy atom. The average Bonchev–Trinajstić information content (AvgIpc) is 2.12. The minimum Gasteiger partial charge on any atom is -0.328 e. The molecule has 86 valence electrons. The first-order valence-electron chi connectivity index (χ1n) is 6.42. The van der Waals surface area contributed by atoms with Crippen LogP contribution >= 0.6 is 0 Å². The molecule has 14 heavy (non-hydrogen) atoms. The average molecular weight is 199 g/mol. The Bertz CT molecular complexity index is 110. The number of nitrogens with two attached hydrogens (primary N) is 1. The van der Waals surface area contributed by atoms with E-state index in [1.807, 2.05) is 0 Å². The smallest absolute Gasteiger partial charge is 0.00388 e. The molecule has 0 amide bonds. The molecule has 0 spiro atoms. The minimum absolute atomic E-state index is 0.464. The third-order valence-electron chi connectivity index (χ3n) is 2.78. The van der Waals surface area contributed by atoms with Crippen LogP contribution in [0.3, 0.4) is 0 Å². The molecule has 1 atom stereocenters. The third kappa shape index (κ3) is 10.0. The summed E-state index contributed by atoms with van der Waals surface area (Å²) >= 11 is 0. The maximum Gasteiger partial charge on any atom is 0.00388 e. The van der Waals surface area contributed by atoms with E-state index < -0.39 is 0 Å². The van der Waals surface area contributed by atoms with Crippen molar-refractivity contribution in [1.29, 1.82) is 0 Å². The molecule has 0 saturated carbocycles. The molecule has 0 aromatic rings. The molecule has 2 N–H and O–H groups in total. The minimum atomic E-state index is 0.464. The lowest BCUT2D eigenvalue weighted by atomic mass is 10.00. The van der Waals surface area contributed by atoms with Gasteiger partial charge in [0.2, 0.25) is 0 Å². The van der Waals surface area contributed by atoms with Gasteiger partial charge in [-0.05, 0) is 18.8 Å². The fourth-order valence-corrected chi connectivity index (χ4v) is 1.77. The number of hydrogen-bond acceptors (Lipinski definition) is 1. The standard InChI is InChI=1S/C13H29N/c1-4-5-6-7-10-13(14)11-8-9-12(2)3/h12-13H,4-11,14H2,1-3H3. The van der Waals surface area contributed by atoms with Crippen molar-refractivity contribution in [3.8, 4) is 0 Å². The van der Waals surface area contributed by atoms with Gasteiger partial charge < -0.3 is 5.73 Å². The highest BCUT2D eigenvalue weighted by Crippen LogP contribution is 2.11. The first-order chi connectivity index (χ1) is 6.66. The summed E-state index contributed by atoms with van der Waals surface area (Å²) in [5.74, 6) is 0.835. The van der Waals surface area contributed by atoms with Crippen LogP contribution in [0, 0.1) is 5.92 Å².